The summed E-state index contributed by atoms with van der Waals surface area (Å²) in [6.45, 7) is 9.38. The van der Waals surface area contributed by atoms with E-state index >= 15 is 0 Å². The number of rotatable bonds is 7. The summed E-state index contributed by atoms with van der Waals surface area (Å²) in [6.07, 6.45) is 4.03. The number of piperidine rings is 1. The van der Waals surface area contributed by atoms with Gasteiger partial charge in [0, 0.05) is 12.6 Å². The Morgan fingerprint density at radius 2 is 1.90 bits per heavy atom. The predicted molar refractivity (Wildman–Crippen MR) is 84.8 cm³/mol. The van der Waals surface area contributed by atoms with Crippen molar-refractivity contribution in [1.82, 2.24) is 15.5 Å². The molecular weight excluding hydrogens is 250 g/mol. The second-order valence-corrected chi connectivity index (χ2v) is 6.87. The van der Waals surface area contributed by atoms with Gasteiger partial charge in [-0.25, -0.2) is 0 Å². The van der Waals surface area contributed by atoms with Crippen LogP contribution in [-0.2, 0) is 4.79 Å². The van der Waals surface area contributed by atoms with Crippen molar-refractivity contribution in [3.8, 4) is 0 Å². The van der Waals surface area contributed by atoms with E-state index in [4.69, 9.17) is 0 Å². The number of nitrogens with zero attached hydrogens (tertiary/aromatic N) is 1. The van der Waals surface area contributed by atoms with Gasteiger partial charge in [-0.05, 0) is 52.4 Å². The van der Waals surface area contributed by atoms with Crippen LogP contribution in [0.3, 0.4) is 0 Å². The zero-order valence-electron chi connectivity index (χ0n) is 14.0. The molecule has 1 unspecified atom stereocenters. The monoisotopic (exact) mass is 283 g/mol. The van der Waals surface area contributed by atoms with Gasteiger partial charge >= 0.3 is 0 Å². The van der Waals surface area contributed by atoms with Crippen molar-refractivity contribution < 1.29 is 4.79 Å². The number of likely N-dealkylation sites (N-methyl/N-ethyl adjacent to an activating group) is 1. The van der Waals surface area contributed by atoms with Crippen LogP contribution in [0.4, 0.5) is 0 Å². The molecule has 1 aliphatic rings. The second-order valence-electron chi connectivity index (χ2n) is 6.87. The number of nitrogens with one attached hydrogen (secondary N) is 2. The van der Waals surface area contributed by atoms with Crippen molar-refractivity contribution in [2.45, 2.75) is 52.5 Å². The third-order valence-electron chi connectivity index (χ3n) is 4.45. The van der Waals surface area contributed by atoms with Gasteiger partial charge in [-0.1, -0.05) is 27.2 Å². The highest BCUT2D eigenvalue weighted by molar-refractivity contribution is 5.83. The lowest BCUT2D eigenvalue weighted by atomic mass is 9.74. The van der Waals surface area contributed by atoms with Gasteiger partial charge in [-0.15, -0.1) is 0 Å². The standard InChI is InChI=1S/C16H33N3O/c1-6-7-16(8-10-17-11-9-16)15(20)18-14(13(2)3)12-19(4)5/h13-14,17H,6-12H2,1-5H3,(H,18,20). The molecule has 20 heavy (non-hydrogen) atoms. The molecule has 1 fully saturated rings. The molecule has 1 atom stereocenters. The van der Waals surface area contributed by atoms with Crippen LogP contribution in [0.15, 0.2) is 0 Å². The van der Waals surface area contributed by atoms with Crippen molar-refractivity contribution in [3.05, 3.63) is 0 Å². The topological polar surface area (TPSA) is 44.4 Å². The lowest BCUT2D eigenvalue weighted by Crippen LogP contribution is -2.53. The fourth-order valence-electron chi connectivity index (χ4n) is 3.11. The average molecular weight is 283 g/mol. The highest BCUT2D eigenvalue weighted by atomic mass is 16.2. The van der Waals surface area contributed by atoms with Crippen molar-refractivity contribution in [3.63, 3.8) is 0 Å². The molecule has 0 aromatic rings. The number of hydrogen-bond acceptors (Lipinski definition) is 3. The molecule has 4 heteroatoms. The van der Waals surface area contributed by atoms with Crippen LogP contribution in [0.2, 0.25) is 0 Å². The molecule has 4 nitrogen and oxygen atoms in total. The molecule has 0 saturated carbocycles. The summed E-state index contributed by atoms with van der Waals surface area (Å²) in [4.78, 5) is 15.0. The third-order valence-corrected chi connectivity index (χ3v) is 4.45. The third kappa shape index (κ3) is 4.74. The summed E-state index contributed by atoms with van der Waals surface area (Å²) in [7, 11) is 4.13. The fraction of sp³-hybridized carbons (Fsp3) is 0.938. The van der Waals surface area contributed by atoms with E-state index in [1.807, 2.05) is 0 Å². The zero-order valence-corrected chi connectivity index (χ0v) is 14.0. The Labute approximate surface area is 124 Å². The lowest BCUT2D eigenvalue weighted by molar-refractivity contribution is -0.134. The first-order valence-electron chi connectivity index (χ1n) is 8.07. The largest absolute Gasteiger partial charge is 0.351 e. The summed E-state index contributed by atoms with van der Waals surface area (Å²) in [6, 6.07) is 0.237. The van der Waals surface area contributed by atoms with E-state index in [-0.39, 0.29) is 17.4 Å². The molecule has 0 bridgehead atoms. The molecule has 1 rings (SSSR count). The van der Waals surface area contributed by atoms with E-state index in [1.165, 1.54) is 0 Å². The summed E-state index contributed by atoms with van der Waals surface area (Å²) in [5, 5.41) is 6.71. The van der Waals surface area contributed by atoms with Crippen molar-refractivity contribution in [2.24, 2.45) is 11.3 Å². The maximum absolute atomic E-state index is 12.8. The Balaban J connectivity index is 2.73. The van der Waals surface area contributed by atoms with Crippen LogP contribution in [0, 0.1) is 11.3 Å². The average Bonchev–Trinajstić information content (AvgIpc) is 2.38. The highest BCUT2D eigenvalue weighted by Crippen LogP contribution is 2.34. The minimum absolute atomic E-state index is 0.139. The van der Waals surface area contributed by atoms with E-state index in [9.17, 15) is 4.79 Å². The highest BCUT2D eigenvalue weighted by Gasteiger charge is 2.39. The molecule has 1 amide bonds. The van der Waals surface area contributed by atoms with Crippen LogP contribution in [-0.4, -0.2) is 50.6 Å². The Kier molecular flexibility index (Phi) is 6.96. The SMILES string of the molecule is CCCC1(C(=O)NC(CN(C)C)C(C)C)CCNCC1. The van der Waals surface area contributed by atoms with Crippen LogP contribution < -0.4 is 10.6 Å². The normalized spacial score (nSPS) is 20.1. The van der Waals surface area contributed by atoms with Crippen LogP contribution in [0.5, 0.6) is 0 Å². The molecule has 118 valence electrons. The summed E-state index contributed by atoms with van der Waals surface area (Å²) in [5.74, 6) is 0.739. The first kappa shape index (κ1) is 17.4. The van der Waals surface area contributed by atoms with Gasteiger partial charge in [0.1, 0.15) is 0 Å². The maximum atomic E-state index is 12.8. The summed E-state index contributed by atoms with van der Waals surface area (Å²) < 4.78 is 0. The van der Waals surface area contributed by atoms with Gasteiger partial charge in [0.2, 0.25) is 5.91 Å². The van der Waals surface area contributed by atoms with Crippen LogP contribution >= 0.6 is 0 Å². The van der Waals surface area contributed by atoms with E-state index < -0.39 is 0 Å². The van der Waals surface area contributed by atoms with Gasteiger partial charge in [-0.2, -0.15) is 0 Å². The summed E-state index contributed by atoms with van der Waals surface area (Å²) in [5.41, 5.74) is -0.139. The molecule has 1 heterocycles. The zero-order chi connectivity index (χ0) is 15.2. The van der Waals surface area contributed by atoms with E-state index in [1.54, 1.807) is 0 Å². The Morgan fingerprint density at radius 3 is 2.35 bits per heavy atom. The van der Waals surface area contributed by atoms with Gasteiger partial charge in [0.05, 0.1) is 5.41 Å². The first-order chi connectivity index (χ1) is 9.41. The molecule has 2 N–H and O–H groups in total. The van der Waals surface area contributed by atoms with E-state index in [0.717, 1.165) is 45.3 Å². The lowest BCUT2D eigenvalue weighted by Gasteiger charge is -2.38. The molecule has 1 saturated heterocycles. The number of carbonyl (C=O) groups is 1. The van der Waals surface area contributed by atoms with Gasteiger partial charge < -0.3 is 15.5 Å². The molecule has 0 radical (unpaired) electrons. The molecule has 0 spiro atoms. The Hall–Kier alpha value is -0.610. The van der Waals surface area contributed by atoms with Gasteiger partial charge in [-0.3, -0.25) is 4.79 Å². The minimum atomic E-state index is -0.139. The number of hydrogen-bond donors (Lipinski definition) is 2. The molecular formula is C16H33N3O. The first-order valence-corrected chi connectivity index (χ1v) is 8.07. The summed E-state index contributed by atoms with van der Waals surface area (Å²) >= 11 is 0. The number of amides is 1. The predicted octanol–water partition coefficient (Wildman–Crippen LogP) is 1.86. The molecule has 1 aliphatic heterocycles. The number of carbonyl (C=O) groups excluding carboxylic acids is 1. The van der Waals surface area contributed by atoms with Crippen molar-refractivity contribution in [2.75, 3.05) is 33.7 Å². The van der Waals surface area contributed by atoms with Gasteiger partial charge in [0.25, 0.3) is 0 Å². The van der Waals surface area contributed by atoms with E-state index in [0.29, 0.717) is 5.92 Å². The van der Waals surface area contributed by atoms with Crippen molar-refractivity contribution in [1.29, 1.82) is 0 Å². The quantitative estimate of drug-likeness (QED) is 0.749. The van der Waals surface area contributed by atoms with Crippen LogP contribution in [0.1, 0.15) is 46.5 Å². The Morgan fingerprint density at radius 1 is 1.30 bits per heavy atom. The van der Waals surface area contributed by atoms with Crippen molar-refractivity contribution >= 4 is 5.91 Å². The Bertz CT molecular complexity index is 291. The second kappa shape index (κ2) is 7.99. The van der Waals surface area contributed by atoms with Crippen LogP contribution in [0.25, 0.3) is 0 Å². The molecule has 0 aliphatic carbocycles. The van der Waals surface area contributed by atoms with Gasteiger partial charge in [0.15, 0.2) is 0 Å². The minimum Gasteiger partial charge on any atom is -0.351 e. The molecule has 0 aromatic heterocycles. The maximum Gasteiger partial charge on any atom is 0.226 e. The molecule has 0 aromatic carbocycles. The van der Waals surface area contributed by atoms with E-state index in [2.05, 4.69) is 50.4 Å². The smallest absolute Gasteiger partial charge is 0.226 e. The fourth-order valence-corrected chi connectivity index (χ4v) is 3.11.